The molecule has 0 fully saturated rings. The monoisotopic (exact) mass is 359 g/mol. The van der Waals surface area contributed by atoms with Crippen molar-refractivity contribution in [3.8, 4) is 0 Å². The van der Waals surface area contributed by atoms with Crippen molar-refractivity contribution in [2.75, 3.05) is 5.32 Å². The van der Waals surface area contributed by atoms with Crippen molar-refractivity contribution in [3.05, 3.63) is 43.8 Å². The van der Waals surface area contributed by atoms with Crippen LogP contribution in [0.5, 0.6) is 0 Å². The van der Waals surface area contributed by atoms with Crippen molar-refractivity contribution in [1.82, 2.24) is 4.98 Å². The van der Waals surface area contributed by atoms with E-state index in [0.717, 1.165) is 15.2 Å². The topological polar surface area (TPSA) is 68.0 Å². The van der Waals surface area contributed by atoms with Gasteiger partial charge in [-0.3, -0.25) is 4.79 Å². The third-order valence-corrected chi connectivity index (χ3v) is 4.45. The normalized spacial score (nSPS) is 12.2. The maximum absolute atomic E-state index is 11.6. The van der Waals surface area contributed by atoms with E-state index < -0.39 is 11.9 Å². The number of benzene rings is 1. The van der Waals surface area contributed by atoms with E-state index in [2.05, 4.69) is 26.2 Å². The molecule has 1 atom stereocenters. The van der Waals surface area contributed by atoms with Crippen LogP contribution in [0, 0.1) is 6.92 Å². The SMILES string of the molecule is Cc1nc(C(Nc2ccc(Cl)c(Br)c2)C(N)=O)cs1. The molecular formula is C12H11BrClN3OS. The van der Waals surface area contributed by atoms with E-state index in [1.807, 2.05) is 12.3 Å². The van der Waals surface area contributed by atoms with E-state index in [1.54, 1.807) is 18.2 Å². The molecule has 1 aromatic carbocycles. The quantitative estimate of drug-likeness (QED) is 0.876. The predicted molar refractivity (Wildman–Crippen MR) is 81.6 cm³/mol. The molecule has 1 unspecified atom stereocenters. The van der Waals surface area contributed by atoms with Crippen molar-refractivity contribution < 1.29 is 4.79 Å². The molecule has 100 valence electrons. The van der Waals surface area contributed by atoms with Gasteiger partial charge in [-0.1, -0.05) is 11.6 Å². The van der Waals surface area contributed by atoms with Gasteiger partial charge in [0.2, 0.25) is 5.91 Å². The maximum atomic E-state index is 11.6. The Balaban J connectivity index is 2.26. The summed E-state index contributed by atoms with van der Waals surface area (Å²) in [6, 6.07) is 4.65. The maximum Gasteiger partial charge on any atom is 0.246 e. The average molecular weight is 361 g/mol. The highest BCUT2D eigenvalue weighted by atomic mass is 79.9. The van der Waals surface area contributed by atoms with Gasteiger partial charge < -0.3 is 11.1 Å². The molecule has 0 aliphatic rings. The van der Waals surface area contributed by atoms with Crippen molar-refractivity contribution in [3.63, 3.8) is 0 Å². The molecule has 0 spiro atoms. The lowest BCUT2D eigenvalue weighted by molar-refractivity contribution is -0.118. The van der Waals surface area contributed by atoms with Gasteiger partial charge in [0.1, 0.15) is 6.04 Å². The van der Waals surface area contributed by atoms with Gasteiger partial charge in [-0.15, -0.1) is 11.3 Å². The number of aromatic nitrogens is 1. The lowest BCUT2D eigenvalue weighted by Gasteiger charge is -2.15. The second kappa shape index (κ2) is 5.90. The number of rotatable bonds is 4. The van der Waals surface area contributed by atoms with E-state index in [9.17, 15) is 4.79 Å². The first-order valence-electron chi connectivity index (χ1n) is 5.40. The minimum absolute atomic E-state index is 0.476. The molecule has 19 heavy (non-hydrogen) atoms. The first-order valence-corrected chi connectivity index (χ1v) is 7.45. The fourth-order valence-electron chi connectivity index (χ4n) is 1.56. The van der Waals surface area contributed by atoms with E-state index in [4.69, 9.17) is 17.3 Å². The minimum atomic E-state index is -0.655. The number of carbonyl (C=O) groups is 1. The zero-order valence-electron chi connectivity index (χ0n) is 9.98. The molecule has 2 rings (SSSR count). The van der Waals surface area contributed by atoms with Gasteiger partial charge in [-0.2, -0.15) is 0 Å². The van der Waals surface area contributed by atoms with Crippen LogP contribution in [-0.2, 0) is 4.79 Å². The Bertz CT molecular complexity index is 617. The number of nitrogens with one attached hydrogen (secondary N) is 1. The molecule has 3 N–H and O–H groups in total. The number of primary amides is 1. The summed E-state index contributed by atoms with van der Waals surface area (Å²) >= 11 is 10.7. The molecule has 2 aromatic rings. The van der Waals surface area contributed by atoms with E-state index >= 15 is 0 Å². The molecule has 4 nitrogen and oxygen atoms in total. The number of aryl methyl sites for hydroxylation is 1. The Labute approximate surface area is 128 Å². The van der Waals surface area contributed by atoms with Crippen molar-refractivity contribution >= 4 is 50.5 Å². The van der Waals surface area contributed by atoms with Crippen LogP contribution in [0.15, 0.2) is 28.1 Å². The van der Waals surface area contributed by atoms with Gasteiger partial charge >= 0.3 is 0 Å². The van der Waals surface area contributed by atoms with Crippen molar-refractivity contribution in [1.29, 1.82) is 0 Å². The van der Waals surface area contributed by atoms with Crippen LogP contribution < -0.4 is 11.1 Å². The average Bonchev–Trinajstić information content (AvgIpc) is 2.76. The summed E-state index contributed by atoms with van der Waals surface area (Å²) in [6.45, 7) is 1.88. The molecule has 1 heterocycles. The van der Waals surface area contributed by atoms with Crippen LogP contribution >= 0.6 is 38.9 Å². The van der Waals surface area contributed by atoms with Crippen molar-refractivity contribution in [2.45, 2.75) is 13.0 Å². The molecular weight excluding hydrogens is 350 g/mol. The smallest absolute Gasteiger partial charge is 0.246 e. The van der Waals surface area contributed by atoms with Crippen LogP contribution in [-0.4, -0.2) is 10.9 Å². The molecule has 7 heteroatoms. The number of thiazole rings is 1. The minimum Gasteiger partial charge on any atom is -0.369 e. The first-order chi connectivity index (χ1) is 8.97. The van der Waals surface area contributed by atoms with Crippen LogP contribution in [0.4, 0.5) is 5.69 Å². The highest BCUT2D eigenvalue weighted by molar-refractivity contribution is 9.10. The van der Waals surface area contributed by atoms with E-state index in [1.165, 1.54) is 11.3 Å². The summed E-state index contributed by atoms with van der Waals surface area (Å²) in [6.07, 6.45) is 0. The lowest BCUT2D eigenvalue weighted by atomic mass is 10.2. The number of nitrogens with two attached hydrogens (primary N) is 1. The molecule has 0 saturated carbocycles. The lowest BCUT2D eigenvalue weighted by Crippen LogP contribution is -2.28. The fourth-order valence-corrected chi connectivity index (χ4v) is 2.69. The van der Waals surface area contributed by atoms with Crippen LogP contribution in [0.1, 0.15) is 16.7 Å². The van der Waals surface area contributed by atoms with Crippen LogP contribution in [0.3, 0.4) is 0 Å². The summed E-state index contributed by atoms with van der Waals surface area (Å²) in [4.78, 5) is 15.8. The molecule has 1 amide bonds. The highest BCUT2D eigenvalue weighted by Gasteiger charge is 2.20. The molecule has 0 aliphatic heterocycles. The van der Waals surface area contributed by atoms with Crippen LogP contribution in [0.2, 0.25) is 5.02 Å². The Hall–Kier alpha value is -1.11. The number of anilines is 1. The number of nitrogens with zero attached hydrogens (tertiary/aromatic N) is 1. The van der Waals surface area contributed by atoms with E-state index in [-0.39, 0.29) is 0 Å². The Kier molecular flexibility index (Phi) is 4.44. The summed E-state index contributed by atoms with van der Waals surface area (Å²) in [5.74, 6) is -0.476. The number of hydrogen-bond acceptors (Lipinski definition) is 4. The van der Waals surface area contributed by atoms with Gasteiger partial charge in [0.15, 0.2) is 0 Å². The van der Waals surface area contributed by atoms with Crippen LogP contribution in [0.25, 0.3) is 0 Å². The summed E-state index contributed by atoms with van der Waals surface area (Å²) in [5.41, 5.74) is 6.79. The third kappa shape index (κ3) is 3.46. The Morgan fingerprint density at radius 1 is 1.58 bits per heavy atom. The zero-order chi connectivity index (χ0) is 14.0. The van der Waals surface area contributed by atoms with Gasteiger partial charge in [0.25, 0.3) is 0 Å². The first kappa shape index (κ1) is 14.3. The van der Waals surface area contributed by atoms with Crippen molar-refractivity contribution in [2.24, 2.45) is 5.73 Å². The predicted octanol–water partition coefficient (Wildman–Crippen LogP) is 3.51. The standard InChI is InChI=1S/C12H11BrClN3OS/c1-6-16-10(5-19-6)11(12(15)18)17-7-2-3-9(14)8(13)4-7/h2-5,11,17H,1H3,(H2,15,18). The fraction of sp³-hybridized carbons (Fsp3) is 0.167. The molecule has 0 saturated heterocycles. The molecule has 0 aliphatic carbocycles. The highest BCUT2D eigenvalue weighted by Crippen LogP contribution is 2.28. The van der Waals surface area contributed by atoms with Gasteiger partial charge in [-0.05, 0) is 41.1 Å². The number of carbonyl (C=O) groups excluding carboxylic acids is 1. The molecule has 0 bridgehead atoms. The Morgan fingerprint density at radius 3 is 2.84 bits per heavy atom. The van der Waals surface area contributed by atoms with Gasteiger partial charge in [0.05, 0.1) is 15.7 Å². The Morgan fingerprint density at radius 2 is 2.32 bits per heavy atom. The summed E-state index contributed by atoms with van der Waals surface area (Å²) < 4.78 is 0.747. The zero-order valence-corrected chi connectivity index (χ0v) is 13.1. The summed E-state index contributed by atoms with van der Waals surface area (Å²) in [5, 5.41) is 6.37. The third-order valence-electron chi connectivity index (χ3n) is 2.45. The molecule has 1 aromatic heterocycles. The second-order valence-electron chi connectivity index (χ2n) is 3.90. The number of halogens is 2. The summed E-state index contributed by atoms with van der Waals surface area (Å²) in [7, 11) is 0. The second-order valence-corrected chi connectivity index (χ2v) is 6.22. The molecule has 0 radical (unpaired) electrons. The van der Waals surface area contributed by atoms with Gasteiger partial charge in [-0.25, -0.2) is 4.98 Å². The number of hydrogen-bond donors (Lipinski definition) is 2. The number of amides is 1. The van der Waals surface area contributed by atoms with E-state index in [0.29, 0.717) is 10.7 Å². The largest absolute Gasteiger partial charge is 0.369 e. The van der Waals surface area contributed by atoms with Gasteiger partial charge in [0, 0.05) is 15.5 Å².